The fraction of sp³-hybridized carbons (Fsp3) is 0.650. The minimum atomic E-state index is 0.172. The van der Waals surface area contributed by atoms with Crippen molar-refractivity contribution in [1.29, 1.82) is 0 Å². The summed E-state index contributed by atoms with van der Waals surface area (Å²) in [7, 11) is 5.65. The number of hydrogen-bond acceptors (Lipinski definition) is 3. The quantitative estimate of drug-likeness (QED) is 0.425. The summed E-state index contributed by atoms with van der Waals surface area (Å²) in [5.74, 6) is 2.73. The zero-order valence-corrected chi connectivity index (χ0v) is 15.8. The van der Waals surface area contributed by atoms with Crippen LogP contribution in [-0.4, -0.2) is 58.4 Å². The molecule has 1 aromatic rings. The summed E-state index contributed by atoms with van der Waals surface area (Å²) >= 11 is 0. The van der Waals surface area contributed by atoms with Gasteiger partial charge in [0.05, 0.1) is 13.7 Å². The minimum absolute atomic E-state index is 0.172. The van der Waals surface area contributed by atoms with Gasteiger partial charge in [-0.3, -0.25) is 4.99 Å². The number of guanidine groups is 1. The number of hydrogen-bond donors (Lipinski definition) is 1. The number of nitrogens with zero attached hydrogens (tertiary/aromatic N) is 2. The summed E-state index contributed by atoms with van der Waals surface area (Å²) in [5.41, 5.74) is 1.47. The van der Waals surface area contributed by atoms with Gasteiger partial charge in [-0.1, -0.05) is 18.2 Å². The molecule has 5 nitrogen and oxygen atoms in total. The molecule has 2 saturated carbocycles. The van der Waals surface area contributed by atoms with E-state index in [1.807, 2.05) is 19.2 Å². The Hall–Kier alpha value is -1.75. The Bertz CT molecular complexity index is 594. The molecule has 2 aliphatic rings. The molecule has 0 spiro atoms. The Balaban J connectivity index is 1.50. The summed E-state index contributed by atoms with van der Waals surface area (Å²) in [6.07, 6.45) is 5.05. The van der Waals surface area contributed by atoms with Gasteiger partial charge in [0.15, 0.2) is 5.96 Å². The molecular weight excluding hydrogens is 314 g/mol. The third kappa shape index (κ3) is 4.66. The second-order valence-electron chi connectivity index (χ2n) is 7.32. The smallest absolute Gasteiger partial charge is 0.193 e. The van der Waals surface area contributed by atoms with Crippen molar-refractivity contribution in [3.8, 4) is 5.75 Å². The first-order valence-corrected chi connectivity index (χ1v) is 9.31. The maximum absolute atomic E-state index is 5.74. The summed E-state index contributed by atoms with van der Waals surface area (Å²) < 4.78 is 11.3. The maximum Gasteiger partial charge on any atom is 0.193 e. The monoisotopic (exact) mass is 345 g/mol. The number of ether oxygens (including phenoxy) is 2. The van der Waals surface area contributed by atoms with Crippen molar-refractivity contribution in [3.05, 3.63) is 29.8 Å². The lowest BCUT2D eigenvalue weighted by molar-refractivity contribution is 0.115. The molecule has 2 aliphatic carbocycles. The lowest BCUT2D eigenvalue weighted by Crippen LogP contribution is -2.43. The van der Waals surface area contributed by atoms with E-state index in [9.17, 15) is 0 Å². The molecule has 2 fully saturated rings. The van der Waals surface area contributed by atoms with Crippen LogP contribution in [0.1, 0.15) is 31.2 Å². The number of aliphatic imine (C=N–C) groups is 1. The van der Waals surface area contributed by atoms with Gasteiger partial charge in [0.2, 0.25) is 0 Å². The van der Waals surface area contributed by atoms with E-state index in [1.54, 1.807) is 7.11 Å². The molecule has 138 valence electrons. The van der Waals surface area contributed by atoms with E-state index in [1.165, 1.54) is 31.2 Å². The van der Waals surface area contributed by atoms with E-state index in [4.69, 9.17) is 9.47 Å². The average Bonchev–Trinajstić information content (AvgIpc) is 3.55. The molecular formula is C20H31N3O2. The van der Waals surface area contributed by atoms with Crippen molar-refractivity contribution >= 4 is 5.96 Å². The van der Waals surface area contributed by atoms with Crippen LogP contribution in [0, 0.1) is 5.92 Å². The molecule has 0 bridgehead atoms. The first-order chi connectivity index (χ1) is 12.2. The van der Waals surface area contributed by atoms with Crippen LogP contribution >= 0.6 is 0 Å². The molecule has 0 heterocycles. The first kappa shape index (κ1) is 18.1. The highest BCUT2D eigenvalue weighted by Crippen LogP contribution is 2.50. The van der Waals surface area contributed by atoms with Crippen molar-refractivity contribution in [1.82, 2.24) is 10.2 Å². The fourth-order valence-corrected chi connectivity index (χ4v) is 3.25. The molecule has 0 atom stereocenters. The summed E-state index contributed by atoms with van der Waals surface area (Å²) in [5, 5.41) is 3.55. The number of para-hydroxylation sites is 1. The van der Waals surface area contributed by atoms with Crippen LogP contribution in [-0.2, 0) is 10.2 Å². The van der Waals surface area contributed by atoms with Crippen LogP contribution < -0.4 is 10.1 Å². The van der Waals surface area contributed by atoms with Crippen LogP contribution in [0.2, 0.25) is 0 Å². The SMILES string of the molecule is CN=C(NCC1(c2ccccc2OC)CC1)N(C)CCOCC1CC1. The van der Waals surface area contributed by atoms with Crippen molar-refractivity contribution in [2.24, 2.45) is 10.9 Å². The molecule has 0 radical (unpaired) electrons. The predicted molar refractivity (Wildman–Crippen MR) is 101 cm³/mol. The highest BCUT2D eigenvalue weighted by molar-refractivity contribution is 5.79. The van der Waals surface area contributed by atoms with Gasteiger partial charge in [-0.2, -0.15) is 0 Å². The Kier molecular flexibility index (Phi) is 5.84. The zero-order valence-electron chi connectivity index (χ0n) is 15.8. The highest BCUT2D eigenvalue weighted by Gasteiger charge is 2.46. The maximum atomic E-state index is 5.74. The van der Waals surface area contributed by atoms with Gasteiger partial charge in [-0.25, -0.2) is 0 Å². The number of likely N-dealkylation sites (N-methyl/N-ethyl adjacent to an activating group) is 1. The Morgan fingerprint density at radius 3 is 2.72 bits per heavy atom. The fourth-order valence-electron chi connectivity index (χ4n) is 3.25. The van der Waals surface area contributed by atoms with Gasteiger partial charge >= 0.3 is 0 Å². The second kappa shape index (κ2) is 8.09. The zero-order chi connectivity index (χ0) is 17.7. The van der Waals surface area contributed by atoms with Gasteiger partial charge in [0.25, 0.3) is 0 Å². The number of benzene rings is 1. The second-order valence-corrected chi connectivity index (χ2v) is 7.32. The van der Waals surface area contributed by atoms with Crippen LogP contribution in [0.5, 0.6) is 5.75 Å². The molecule has 1 N–H and O–H groups in total. The molecule has 5 heteroatoms. The Morgan fingerprint density at radius 2 is 2.08 bits per heavy atom. The van der Waals surface area contributed by atoms with Gasteiger partial charge in [-0.05, 0) is 37.7 Å². The van der Waals surface area contributed by atoms with Gasteiger partial charge in [-0.15, -0.1) is 0 Å². The Labute approximate surface area is 151 Å². The van der Waals surface area contributed by atoms with E-state index in [-0.39, 0.29) is 5.41 Å². The normalized spacial score (nSPS) is 18.8. The number of methoxy groups -OCH3 is 1. The molecule has 0 saturated heterocycles. The molecule has 0 unspecified atom stereocenters. The van der Waals surface area contributed by atoms with Crippen LogP contribution in [0.15, 0.2) is 29.3 Å². The average molecular weight is 345 g/mol. The third-order valence-corrected chi connectivity index (χ3v) is 5.31. The van der Waals surface area contributed by atoms with Crippen LogP contribution in [0.4, 0.5) is 0 Å². The first-order valence-electron chi connectivity index (χ1n) is 9.31. The van der Waals surface area contributed by atoms with Crippen molar-refractivity contribution in [3.63, 3.8) is 0 Å². The molecule has 0 aliphatic heterocycles. The molecule has 1 aromatic carbocycles. The molecule has 25 heavy (non-hydrogen) atoms. The largest absolute Gasteiger partial charge is 0.496 e. The highest BCUT2D eigenvalue weighted by atomic mass is 16.5. The van der Waals surface area contributed by atoms with E-state index in [2.05, 4.69) is 34.4 Å². The van der Waals surface area contributed by atoms with E-state index >= 15 is 0 Å². The van der Waals surface area contributed by atoms with Gasteiger partial charge in [0, 0.05) is 44.8 Å². The van der Waals surface area contributed by atoms with Crippen molar-refractivity contribution in [2.45, 2.75) is 31.1 Å². The standard InChI is InChI=1S/C20H31N3O2/c1-21-19(23(2)12-13-25-14-16-8-9-16)22-15-20(10-11-20)17-6-4-5-7-18(17)24-3/h4-7,16H,8-15H2,1-3H3,(H,21,22). The van der Waals surface area contributed by atoms with Crippen molar-refractivity contribution < 1.29 is 9.47 Å². The van der Waals surface area contributed by atoms with E-state index in [0.717, 1.165) is 43.9 Å². The number of nitrogens with one attached hydrogen (secondary N) is 1. The van der Waals surface area contributed by atoms with Crippen molar-refractivity contribution in [2.75, 3.05) is 47.5 Å². The van der Waals surface area contributed by atoms with Gasteiger partial charge in [0.1, 0.15) is 5.75 Å². The predicted octanol–water partition coefficient (Wildman–Crippen LogP) is 2.66. The molecule has 0 amide bonds. The third-order valence-electron chi connectivity index (χ3n) is 5.31. The summed E-state index contributed by atoms with van der Waals surface area (Å²) in [6, 6.07) is 8.36. The lowest BCUT2D eigenvalue weighted by Gasteiger charge is -2.25. The molecule has 0 aromatic heterocycles. The molecule has 3 rings (SSSR count). The van der Waals surface area contributed by atoms with Crippen LogP contribution in [0.3, 0.4) is 0 Å². The van der Waals surface area contributed by atoms with E-state index in [0.29, 0.717) is 0 Å². The summed E-state index contributed by atoms with van der Waals surface area (Å²) in [4.78, 5) is 6.57. The lowest BCUT2D eigenvalue weighted by atomic mass is 9.95. The van der Waals surface area contributed by atoms with Crippen LogP contribution in [0.25, 0.3) is 0 Å². The Morgan fingerprint density at radius 1 is 1.32 bits per heavy atom. The minimum Gasteiger partial charge on any atom is -0.496 e. The topological polar surface area (TPSA) is 46.1 Å². The van der Waals surface area contributed by atoms with E-state index < -0.39 is 0 Å². The summed E-state index contributed by atoms with van der Waals surface area (Å²) in [6.45, 7) is 3.41. The number of rotatable bonds is 9. The van der Waals surface area contributed by atoms with Gasteiger partial charge < -0.3 is 19.7 Å².